The van der Waals surface area contributed by atoms with Gasteiger partial charge >= 0.3 is 11.9 Å². The molecule has 0 radical (unpaired) electrons. The summed E-state index contributed by atoms with van der Waals surface area (Å²) in [6, 6.07) is -4.48. The van der Waals surface area contributed by atoms with E-state index >= 15 is 0 Å². The summed E-state index contributed by atoms with van der Waals surface area (Å²) in [6.45, 7) is 3.94. The third-order valence-corrected chi connectivity index (χ3v) is 5.99. The number of nitrogens with two attached hydrogens (primary N) is 1. The van der Waals surface area contributed by atoms with Crippen molar-refractivity contribution in [2.75, 3.05) is 6.54 Å². The number of likely N-dealkylation sites (tertiary alicyclic amines) is 1. The van der Waals surface area contributed by atoms with E-state index in [0.29, 0.717) is 18.5 Å². The van der Waals surface area contributed by atoms with Crippen molar-refractivity contribution in [2.45, 2.75) is 70.1 Å². The molecule has 1 aliphatic heterocycles. The Kier molecular flexibility index (Phi) is 9.54. The van der Waals surface area contributed by atoms with Crippen LogP contribution in [0.15, 0.2) is 12.5 Å². The molecule has 13 heteroatoms. The number of carbonyl (C=O) groups is 5. The maximum absolute atomic E-state index is 13.4. The van der Waals surface area contributed by atoms with Crippen LogP contribution in [0.4, 0.5) is 0 Å². The Morgan fingerprint density at radius 2 is 1.94 bits per heavy atom. The van der Waals surface area contributed by atoms with Crippen LogP contribution in [-0.4, -0.2) is 85.5 Å². The first kappa shape index (κ1) is 26.8. The molecule has 5 atom stereocenters. The van der Waals surface area contributed by atoms with Crippen molar-refractivity contribution in [3.63, 3.8) is 0 Å². The lowest BCUT2D eigenvalue weighted by Gasteiger charge is -2.30. The molecule has 0 bridgehead atoms. The van der Waals surface area contributed by atoms with Crippen LogP contribution in [0.25, 0.3) is 0 Å². The van der Waals surface area contributed by atoms with Crippen molar-refractivity contribution >= 4 is 29.7 Å². The van der Waals surface area contributed by atoms with Crippen LogP contribution in [0.2, 0.25) is 0 Å². The topological polar surface area (TPSA) is 208 Å². The van der Waals surface area contributed by atoms with E-state index in [4.69, 9.17) is 10.8 Å². The molecule has 2 heterocycles. The van der Waals surface area contributed by atoms with E-state index < -0.39 is 60.2 Å². The van der Waals surface area contributed by atoms with E-state index in [1.807, 2.05) is 13.8 Å². The fourth-order valence-corrected chi connectivity index (χ4v) is 3.74. The van der Waals surface area contributed by atoms with Crippen LogP contribution in [0.5, 0.6) is 0 Å². The number of hydrogen-bond donors (Lipinski definition) is 6. The quantitative estimate of drug-likeness (QED) is 0.213. The molecule has 1 saturated heterocycles. The molecule has 1 aromatic heterocycles. The molecular weight excluding hydrogens is 448 g/mol. The second kappa shape index (κ2) is 12.1. The van der Waals surface area contributed by atoms with Crippen molar-refractivity contribution in [2.24, 2.45) is 11.7 Å². The minimum absolute atomic E-state index is 0.0827. The van der Waals surface area contributed by atoms with E-state index in [2.05, 4.69) is 20.6 Å². The lowest BCUT2D eigenvalue weighted by Crippen LogP contribution is -2.58. The zero-order chi connectivity index (χ0) is 25.4. The number of nitrogens with zero attached hydrogens (tertiary/aromatic N) is 2. The summed E-state index contributed by atoms with van der Waals surface area (Å²) in [4.78, 5) is 69.2. The van der Waals surface area contributed by atoms with Crippen molar-refractivity contribution in [3.8, 4) is 0 Å². The predicted octanol–water partition coefficient (Wildman–Crippen LogP) is -1.15. The summed E-state index contributed by atoms with van der Waals surface area (Å²) in [7, 11) is 0. The Morgan fingerprint density at radius 1 is 1.24 bits per heavy atom. The fourth-order valence-electron chi connectivity index (χ4n) is 3.74. The molecule has 0 aliphatic carbocycles. The van der Waals surface area contributed by atoms with Crippen LogP contribution in [0, 0.1) is 5.92 Å². The van der Waals surface area contributed by atoms with Crippen LogP contribution in [0.3, 0.4) is 0 Å². The van der Waals surface area contributed by atoms with E-state index in [1.165, 1.54) is 17.4 Å². The average Bonchev–Trinajstić information content (AvgIpc) is 3.48. The van der Waals surface area contributed by atoms with Gasteiger partial charge in [0.1, 0.15) is 18.1 Å². The molecular formula is C21H32N6O7. The number of nitrogens with one attached hydrogen (secondary N) is 3. The zero-order valence-electron chi connectivity index (χ0n) is 19.2. The van der Waals surface area contributed by atoms with E-state index in [-0.39, 0.29) is 25.3 Å². The highest BCUT2D eigenvalue weighted by Gasteiger charge is 2.39. The molecule has 13 nitrogen and oxygen atoms in total. The highest BCUT2D eigenvalue weighted by Crippen LogP contribution is 2.20. The average molecular weight is 481 g/mol. The molecule has 0 spiro atoms. The number of carbonyl (C=O) groups excluding carboxylic acids is 3. The number of carboxylic acids is 2. The molecule has 1 aromatic rings. The van der Waals surface area contributed by atoms with Crippen LogP contribution < -0.4 is 16.4 Å². The molecule has 2 rings (SSSR count). The molecule has 7 N–H and O–H groups in total. The summed E-state index contributed by atoms with van der Waals surface area (Å²) >= 11 is 0. The Bertz CT molecular complexity index is 890. The second-order valence-electron chi connectivity index (χ2n) is 8.44. The molecule has 0 aromatic carbocycles. The Labute approximate surface area is 196 Å². The maximum Gasteiger partial charge on any atom is 0.326 e. The highest BCUT2D eigenvalue weighted by molar-refractivity contribution is 5.95. The minimum Gasteiger partial charge on any atom is -0.481 e. The van der Waals surface area contributed by atoms with Gasteiger partial charge in [-0.2, -0.15) is 0 Å². The Morgan fingerprint density at radius 3 is 2.50 bits per heavy atom. The normalized spacial score (nSPS) is 19.0. The lowest BCUT2D eigenvalue weighted by molar-refractivity contribution is -0.148. The van der Waals surface area contributed by atoms with Gasteiger partial charge in [-0.05, 0) is 18.8 Å². The smallest absolute Gasteiger partial charge is 0.326 e. The molecule has 5 unspecified atom stereocenters. The zero-order valence-corrected chi connectivity index (χ0v) is 19.2. The Balaban J connectivity index is 2.19. The monoisotopic (exact) mass is 480 g/mol. The third-order valence-electron chi connectivity index (χ3n) is 5.99. The summed E-state index contributed by atoms with van der Waals surface area (Å²) < 4.78 is 0. The van der Waals surface area contributed by atoms with Crippen molar-refractivity contribution in [1.82, 2.24) is 25.5 Å². The Hall–Kier alpha value is -3.48. The molecule has 1 aliphatic rings. The second-order valence-corrected chi connectivity index (χ2v) is 8.44. The molecule has 34 heavy (non-hydrogen) atoms. The summed E-state index contributed by atoms with van der Waals surface area (Å²) in [6.07, 6.45) is 3.66. The standard InChI is InChI=1S/C21H32N6O7/c1-3-11(2)17(22)19(31)25-13(7-12-9-23-10-24-12)20(32)27-6-4-5-15(27)18(30)26-14(21(33)34)8-16(28)29/h9-11,13-15,17H,3-8,22H2,1-2H3,(H,23,24)(H,25,31)(H,26,30)(H,28,29)(H,33,34). The summed E-state index contributed by atoms with van der Waals surface area (Å²) in [5.74, 6) is -4.78. The number of aromatic amines is 1. The van der Waals surface area contributed by atoms with Gasteiger partial charge in [0.2, 0.25) is 17.7 Å². The van der Waals surface area contributed by atoms with E-state index in [0.717, 1.165) is 0 Å². The van der Waals surface area contributed by atoms with Crippen LogP contribution in [0.1, 0.15) is 45.2 Å². The molecule has 1 fully saturated rings. The number of amides is 3. The van der Waals surface area contributed by atoms with E-state index in [9.17, 15) is 29.1 Å². The number of carboxylic acid groups (broad SMARTS) is 2. The van der Waals surface area contributed by atoms with Gasteiger partial charge in [-0.15, -0.1) is 0 Å². The lowest BCUT2D eigenvalue weighted by atomic mass is 9.98. The number of H-pyrrole nitrogens is 1. The SMILES string of the molecule is CCC(C)C(N)C(=O)NC(Cc1cnc[nH]1)C(=O)N1CCCC1C(=O)NC(CC(=O)O)C(=O)O. The molecule has 0 saturated carbocycles. The van der Waals surface area contributed by atoms with E-state index in [1.54, 1.807) is 0 Å². The molecule has 3 amide bonds. The number of aliphatic carboxylic acids is 2. The van der Waals surface area contributed by atoms with Crippen molar-refractivity contribution in [1.29, 1.82) is 0 Å². The van der Waals surface area contributed by atoms with Gasteiger partial charge in [-0.3, -0.25) is 19.2 Å². The number of hydrogen-bond acceptors (Lipinski definition) is 7. The third kappa shape index (κ3) is 7.01. The highest BCUT2D eigenvalue weighted by atomic mass is 16.4. The first-order valence-electron chi connectivity index (χ1n) is 11.1. The van der Waals surface area contributed by atoms with Crippen LogP contribution >= 0.6 is 0 Å². The first-order valence-corrected chi connectivity index (χ1v) is 11.1. The van der Waals surface area contributed by atoms with Gasteiger partial charge in [0, 0.05) is 24.9 Å². The van der Waals surface area contributed by atoms with Crippen LogP contribution in [-0.2, 0) is 30.4 Å². The maximum atomic E-state index is 13.4. The number of aromatic nitrogens is 2. The van der Waals surface area contributed by atoms with Crippen molar-refractivity contribution in [3.05, 3.63) is 18.2 Å². The van der Waals surface area contributed by atoms with Crippen molar-refractivity contribution < 1.29 is 34.2 Å². The van der Waals surface area contributed by atoms with Gasteiger partial charge in [0.05, 0.1) is 18.8 Å². The summed E-state index contributed by atoms with van der Waals surface area (Å²) in [5, 5.41) is 23.0. The minimum atomic E-state index is -1.63. The fraction of sp³-hybridized carbons (Fsp3) is 0.619. The van der Waals surface area contributed by atoms with Gasteiger partial charge in [0.15, 0.2) is 0 Å². The van der Waals surface area contributed by atoms with Gasteiger partial charge in [-0.1, -0.05) is 20.3 Å². The van der Waals surface area contributed by atoms with Gasteiger partial charge < -0.3 is 36.5 Å². The molecule has 188 valence electrons. The predicted molar refractivity (Wildman–Crippen MR) is 118 cm³/mol. The first-order chi connectivity index (χ1) is 16.0. The number of rotatable bonds is 12. The van der Waals surface area contributed by atoms with Gasteiger partial charge in [-0.25, -0.2) is 9.78 Å². The largest absolute Gasteiger partial charge is 0.481 e. The van der Waals surface area contributed by atoms with Gasteiger partial charge in [0.25, 0.3) is 0 Å². The number of imidazole rings is 1. The summed E-state index contributed by atoms with van der Waals surface area (Å²) in [5.41, 5.74) is 6.61.